The van der Waals surface area contributed by atoms with E-state index in [1.54, 1.807) is 0 Å². The lowest BCUT2D eigenvalue weighted by Crippen LogP contribution is -2.15. The first-order valence-corrected chi connectivity index (χ1v) is 16.8. The molecule has 0 fully saturated rings. The number of unbranched alkanes of at least 4 members (excludes halogenated alkanes) is 6. The third kappa shape index (κ3) is 41.0. The van der Waals surface area contributed by atoms with Crippen LogP contribution in [0, 0.1) is 0 Å². The summed E-state index contributed by atoms with van der Waals surface area (Å²) in [6, 6.07) is 0. The van der Waals surface area contributed by atoms with Crippen molar-refractivity contribution >= 4 is 5.97 Å². The molecular weight excluding hydrogens is 595 g/mol. The van der Waals surface area contributed by atoms with Crippen molar-refractivity contribution in [2.45, 2.75) is 58.3 Å². The van der Waals surface area contributed by atoms with Gasteiger partial charge < -0.3 is 52.1 Å². The number of alkyl halides is 1. The summed E-state index contributed by atoms with van der Waals surface area (Å²) in [4.78, 5) is 11.7. The van der Waals surface area contributed by atoms with Gasteiger partial charge in [-0.1, -0.05) is 45.4 Å². The number of hydrogen-bond donors (Lipinski definition) is 0. The highest BCUT2D eigenvalue weighted by atomic mass is 19.1. The molecule has 0 aliphatic carbocycles. The van der Waals surface area contributed by atoms with Crippen molar-refractivity contribution in [2.24, 2.45) is 0 Å². The van der Waals surface area contributed by atoms with Gasteiger partial charge in [-0.15, -0.1) is 0 Å². The summed E-state index contributed by atoms with van der Waals surface area (Å²) in [6.45, 7) is 11.1. The van der Waals surface area contributed by atoms with Crippen LogP contribution >= 0.6 is 0 Å². The molecule has 0 rings (SSSR count). The van der Waals surface area contributed by atoms with Gasteiger partial charge in [-0.05, 0) is 6.42 Å². The van der Waals surface area contributed by atoms with E-state index in [1.807, 2.05) is 0 Å². The molecule has 0 aliphatic heterocycles. The van der Waals surface area contributed by atoms with E-state index < -0.39 is 6.67 Å². The minimum Gasteiger partial charge on any atom is -0.463 e. The van der Waals surface area contributed by atoms with E-state index in [-0.39, 0.29) is 19.2 Å². The van der Waals surface area contributed by atoms with Crippen molar-refractivity contribution in [3.05, 3.63) is 0 Å². The first-order valence-electron chi connectivity index (χ1n) is 16.8. The van der Waals surface area contributed by atoms with E-state index in [9.17, 15) is 9.18 Å². The number of carbonyl (C=O) groups is 1. The van der Waals surface area contributed by atoms with E-state index in [0.29, 0.717) is 132 Å². The lowest BCUT2D eigenvalue weighted by molar-refractivity contribution is -0.145. The summed E-state index contributed by atoms with van der Waals surface area (Å²) < 4.78 is 70.8. The number of hydrogen-bond acceptors (Lipinski definition) is 12. The van der Waals surface area contributed by atoms with Gasteiger partial charge in [0.15, 0.2) is 0 Å². The highest BCUT2D eigenvalue weighted by Crippen LogP contribution is 2.08. The van der Waals surface area contributed by atoms with Crippen LogP contribution in [0.5, 0.6) is 0 Å². The number of esters is 1. The minimum absolute atomic E-state index is 0.112. The zero-order chi connectivity index (χ0) is 32.6. The molecule has 270 valence electrons. The summed E-state index contributed by atoms with van der Waals surface area (Å²) in [5.74, 6) is -0.144. The second-order valence-corrected chi connectivity index (χ2v) is 9.90. The molecule has 0 saturated heterocycles. The van der Waals surface area contributed by atoms with E-state index in [1.165, 1.54) is 32.1 Å². The zero-order valence-electron chi connectivity index (χ0n) is 28.0. The molecule has 12 nitrogen and oxygen atoms in total. The van der Waals surface area contributed by atoms with Crippen molar-refractivity contribution in [1.29, 1.82) is 0 Å². The SMILES string of the molecule is CCCCCCCCCC(=O)OCCOCCOCCOCCOCCOCCOCCOCCOCCOCCOCCF. The maximum Gasteiger partial charge on any atom is 0.305 e. The first kappa shape index (κ1) is 44.0. The van der Waals surface area contributed by atoms with Gasteiger partial charge in [-0.3, -0.25) is 4.79 Å². The molecule has 0 radical (unpaired) electrons. The Morgan fingerprint density at radius 2 is 0.644 bits per heavy atom. The molecule has 0 saturated carbocycles. The Bertz CT molecular complexity index is 562. The normalized spacial score (nSPS) is 11.4. The molecule has 0 unspecified atom stereocenters. The van der Waals surface area contributed by atoms with Crippen molar-refractivity contribution < 1.29 is 61.3 Å². The highest BCUT2D eigenvalue weighted by Gasteiger charge is 2.03. The van der Waals surface area contributed by atoms with Crippen LogP contribution < -0.4 is 0 Å². The average molecular weight is 659 g/mol. The molecule has 0 amide bonds. The van der Waals surface area contributed by atoms with Crippen LogP contribution in [-0.4, -0.2) is 151 Å². The standard InChI is InChI=1S/C32H63FO12/c1-2-3-4-5-6-7-8-9-32(34)45-31-30-44-29-28-43-27-26-42-25-24-41-23-22-40-21-20-39-19-18-38-17-16-37-15-14-36-13-12-35-11-10-33/h2-31H2,1H3. The second-order valence-electron chi connectivity index (χ2n) is 9.90. The molecule has 0 atom stereocenters. The van der Waals surface area contributed by atoms with E-state index in [4.69, 9.17) is 52.1 Å². The van der Waals surface area contributed by atoms with Crippen LogP contribution in [0.15, 0.2) is 0 Å². The minimum atomic E-state index is -0.476. The quantitative estimate of drug-likeness (QED) is 0.0704. The number of halogens is 1. The molecule has 0 aromatic heterocycles. The summed E-state index contributed by atoms with van der Waals surface area (Å²) in [5.41, 5.74) is 0. The maximum atomic E-state index is 11.8. The van der Waals surface area contributed by atoms with Gasteiger partial charge in [0.05, 0.1) is 132 Å². The van der Waals surface area contributed by atoms with E-state index in [0.717, 1.165) is 12.8 Å². The third-order valence-corrected chi connectivity index (χ3v) is 6.04. The predicted molar refractivity (Wildman–Crippen MR) is 168 cm³/mol. The zero-order valence-corrected chi connectivity index (χ0v) is 28.0. The molecule has 0 aromatic rings. The van der Waals surface area contributed by atoms with Crippen LogP contribution in [0.4, 0.5) is 4.39 Å². The van der Waals surface area contributed by atoms with Gasteiger partial charge in [-0.2, -0.15) is 0 Å². The van der Waals surface area contributed by atoms with Gasteiger partial charge in [0.1, 0.15) is 13.3 Å². The van der Waals surface area contributed by atoms with Crippen LogP contribution in [0.1, 0.15) is 58.3 Å². The average Bonchev–Trinajstić information content (AvgIpc) is 3.05. The molecule has 45 heavy (non-hydrogen) atoms. The Kier molecular flexibility index (Phi) is 40.1. The van der Waals surface area contributed by atoms with Crippen LogP contribution in [0.2, 0.25) is 0 Å². The number of rotatable bonds is 40. The fourth-order valence-electron chi connectivity index (χ4n) is 3.65. The van der Waals surface area contributed by atoms with Gasteiger partial charge >= 0.3 is 5.97 Å². The molecule has 0 bridgehead atoms. The van der Waals surface area contributed by atoms with Crippen molar-refractivity contribution in [1.82, 2.24) is 0 Å². The lowest BCUT2D eigenvalue weighted by Gasteiger charge is -2.09. The van der Waals surface area contributed by atoms with Gasteiger partial charge in [0.2, 0.25) is 0 Å². The molecule has 0 N–H and O–H groups in total. The molecule has 0 aromatic carbocycles. The molecule has 0 spiro atoms. The van der Waals surface area contributed by atoms with Crippen LogP contribution in [0.25, 0.3) is 0 Å². The van der Waals surface area contributed by atoms with Gasteiger partial charge in [-0.25, -0.2) is 4.39 Å². The van der Waals surface area contributed by atoms with Crippen LogP contribution in [0.3, 0.4) is 0 Å². The van der Waals surface area contributed by atoms with Crippen molar-refractivity contribution in [3.63, 3.8) is 0 Å². The summed E-state index contributed by atoms with van der Waals surface area (Å²) in [5, 5.41) is 0. The Morgan fingerprint density at radius 3 is 0.956 bits per heavy atom. The van der Waals surface area contributed by atoms with Gasteiger partial charge in [0, 0.05) is 6.42 Å². The second kappa shape index (κ2) is 41.0. The highest BCUT2D eigenvalue weighted by molar-refractivity contribution is 5.69. The molecule has 0 aliphatic rings. The van der Waals surface area contributed by atoms with Gasteiger partial charge in [0.25, 0.3) is 0 Å². The summed E-state index contributed by atoms with van der Waals surface area (Å²) in [7, 11) is 0. The van der Waals surface area contributed by atoms with E-state index >= 15 is 0 Å². The van der Waals surface area contributed by atoms with E-state index in [2.05, 4.69) is 6.92 Å². The maximum absolute atomic E-state index is 11.8. The smallest absolute Gasteiger partial charge is 0.305 e. The Morgan fingerprint density at radius 1 is 0.378 bits per heavy atom. The molecule has 0 heterocycles. The fraction of sp³-hybridized carbons (Fsp3) is 0.969. The Balaban J connectivity index is 3.09. The number of carbonyl (C=O) groups excluding carboxylic acids is 1. The van der Waals surface area contributed by atoms with Crippen molar-refractivity contribution in [3.8, 4) is 0 Å². The molecular formula is C32H63FO12. The first-order chi connectivity index (χ1) is 22.3. The number of ether oxygens (including phenoxy) is 11. The molecule has 13 heteroatoms. The van der Waals surface area contributed by atoms with Crippen molar-refractivity contribution in [2.75, 3.05) is 145 Å². The largest absolute Gasteiger partial charge is 0.463 e. The Labute approximate surface area is 271 Å². The lowest BCUT2D eigenvalue weighted by atomic mass is 10.1. The topological polar surface area (TPSA) is 119 Å². The monoisotopic (exact) mass is 658 g/mol. The Hall–Kier alpha value is -1.00. The predicted octanol–water partition coefficient (Wildman–Crippen LogP) is 3.81. The third-order valence-electron chi connectivity index (χ3n) is 6.04. The summed E-state index contributed by atoms with van der Waals surface area (Å²) >= 11 is 0. The van der Waals surface area contributed by atoms with Crippen LogP contribution in [-0.2, 0) is 56.9 Å². The fourth-order valence-corrected chi connectivity index (χ4v) is 3.65. The summed E-state index contributed by atoms with van der Waals surface area (Å²) in [6.07, 6.45) is 8.78.